The van der Waals surface area contributed by atoms with Crippen LogP contribution in [0.25, 0.3) is 0 Å². The maximum absolute atomic E-state index is 13.6. The number of benzene rings is 2. The Kier molecular flexibility index (Phi) is 10.6. The first kappa shape index (κ1) is 31.6. The second-order valence-electron chi connectivity index (χ2n) is 10.4. The molecule has 1 heterocycles. The number of hydrogen-bond acceptors (Lipinski definition) is 9. The van der Waals surface area contributed by atoms with Gasteiger partial charge in [0.25, 0.3) is 5.91 Å². The van der Waals surface area contributed by atoms with E-state index < -0.39 is 60.3 Å². The number of hydrogen-bond donors (Lipinski definition) is 2. The lowest BCUT2D eigenvalue weighted by Gasteiger charge is -2.26. The normalized spacial score (nSPS) is 15.5. The summed E-state index contributed by atoms with van der Waals surface area (Å²) >= 11 is 0. The quantitative estimate of drug-likeness (QED) is 0.312. The second-order valence-corrected chi connectivity index (χ2v) is 10.4. The molecule has 1 aliphatic heterocycles. The van der Waals surface area contributed by atoms with Crippen LogP contribution in [-0.2, 0) is 41.8 Å². The van der Waals surface area contributed by atoms with Gasteiger partial charge in [0, 0.05) is 6.42 Å². The van der Waals surface area contributed by atoms with E-state index in [1.807, 2.05) is 0 Å². The van der Waals surface area contributed by atoms with Crippen LogP contribution in [0.2, 0.25) is 0 Å². The fraction of sp³-hybridized carbons (Fsp3) is 0.379. The summed E-state index contributed by atoms with van der Waals surface area (Å²) in [7, 11) is 0. The molecule has 0 saturated carbocycles. The Morgan fingerprint density at radius 3 is 2.00 bits per heavy atom. The van der Waals surface area contributed by atoms with Crippen molar-refractivity contribution < 1.29 is 48.1 Å². The van der Waals surface area contributed by atoms with Crippen molar-refractivity contribution in [3.05, 3.63) is 71.8 Å². The number of carbonyl (C=O) groups excluding carboxylic acids is 5. The first-order valence-corrected chi connectivity index (χ1v) is 13.1. The van der Waals surface area contributed by atoms with E-state index in [1.54, 1.807) is 81.4 Å². The Bertz CT molecular complexity index is 1290. The van der Waals surface area contributed by atoms with E-state index in [0.717, 1.165) is 5.56 Å². The van der Waals surface area contributed by atoms with Crippen LogP contribution in [0, 0.1) is 0 Å². The molecule has 0 radical (unpaired) electrons. The lowest BCUT2D eigenvalue weighted by atomic mass is 10.1. The van der Waals surface area contributed by atoms with Crippen LogP contribution < -0.4 is 5.32 Å². The molecule has 42 heavy (non-hydrogen) atoms. The Hall–Kier alpha value is -4.94. The molecule has 224 valence electrons. The zero-order chi connectivity index (χ0) is 30.9. The van der Waals surface area contributed by atoms with Gasteiger partial charge in [0.1, 0.15) is 24.9 Å². The molecule has 0 aliphatic carbocycles. The van der Waals surface area contributed by atoms with Crippen LogP contribution in [0.4, 0.5) is 14.4 Å². The van der Waals surface area contributed by atoms with Crippen LogP contribution in [0.1, 0.15) is 44.7 Å². The van der Waals surface area contributed by atoms with Crippen LogP contribution in [0.15, 0.2) is 60.7 Å². The molecule has 2 atom stereocenters. The number of imide groups is 2. The van der Waals surface area contributed by atoms with Crippen LogP contribution >= 0.6 is 0 Å². The number of urea groups is 1. The van der Waals surface area contributed by atoms with Crippen molar-refractivity contribution in [2.45, 2.75) is 64.5 Å². The predicted molar refractivity (Wildman–Crippen MR) is 146 cm³/mol. The lowest BCUT2D eigenvalue weighted by Crippen LogP contribution is -2.54. The number of rotatable bonds is 10. The topological polar surface area (TPSA) is 169 Å². The van der Waals surface area contributed by atoms with Gasteiger partial charge in [-0.25, -0.2) is 29.0 Å². The standard InChI is InChI=1S/C29H33N3O10/c1-29(2,3)42-26(37)30-21(14-15-23(33)40-17-19-10-6-4-7-11-19)24(34)32-22(25(35)36)16-31(27(32)38)28(39)41-18-20-12-8-5-9-13-20/h4-13,21-22H,14-18H2,1-3H3,(H,30,37)(H,35,36)/t21-,22-/m0/s1. The van der Waals surface area contributed by atoms with E-state index in [2.05, 4.69) is 5.32 Å². The van der Waals surface area contributed by atoms with Crippen molar-refractivity contribution in [2.24, 2.45) is 0 Å². The number of aliphatic carboxylic acids is 1. The zero-order valence-electron chi connectivity index (χ0n) is 23.5. The van der Waals surface area contributed by atoms with Crippen molar-refractivity contribution in [2.75, 3.05) is 6.54 Å². The molecule has 1 fully saturated rings. The summed E-state index contributed by atoms with van der Waals surface area (Å²) in [6, 6.07) is 12.9. The number of esters is 1. The highest BCUT2D eigenvalue weighted by molar-refractivity contribution is 6.08. The Labute approximate surface area is 242 Å². The minimum absolute atomic E-state index is 0.0243. The van der Waals surface area contributed by atoms with Crippen LogP contribution in [-0.4, -0.2) is 75.2 Å². The van der Waals surface area contributed by atoms with Gasteiger partial charge >= 0.3 is 30.2 Å². The minimum Gasteiger partial charge on any atom is -0.480 e. The average Bonchev–Trinajstić information content (AvgIpc) is 3.30. The van der Waals surface area contributed by atoms with Crippen molar-refractivity contribution in [1.29, 1.82) is 0 Å². The molecule has 0 bridgehead atoms. The van der Waals surface area contributed by atoms with E-state index >= 15 is 0 Å². The number of carbonyl (C=O) groups is 6. The first-order valence-electron chi connectivity index (χ1n) is 13.1. The van der Waals surface area contributed by atoms with Crippen LogP contribution in [0.5, 0.6) is 0 Å². The molecule has 2 aromatic carbocycles. The smallest absolute Gasteiger partial charge is 0.418 e. The van der Waals surface area contributed by atoms with Gasteiger partial charge in [-0.2, -0.15) is 0 Å². The number of nitrogens with zero attached hydrogens (tertiary/aromatic N) is 2. The Morgan fingerprint density at radius 1 is 0.929 bits per heavy atom. The highest BCUT2D eigenvalue weighted by Gasteiger charge is 2.50. The van der Waals surface area contributed by atoms with Crippen LogP contribution in [0.3, 0.4) is 0 Å². The lowest BCUT2D eigenvalue weighted by molar-refractivity contribution is -0.148. The fourth-order valence-electron chi connectivity index (χ4n) is 3.93. The number of amides is 5. The average molecular weight is 584 g/mol. The summed E-state index contributed by atoms with van der Waals surface area (Å²) in [5.41, 5.74) is 0.413. The minimum atomic E-state index is -1.76. The Balaban J connectivity index is 1.73. The van der Waals surface area contributed by atoms with Gasteiger partial charge in [-0.05, 0) is 38.3 Å². The summed E-state index contributed by atoms with van der Waals surface area (Å²) in [6.45, 7) is 3.88. The molecule has 1 saturated heterocycles. The highest BCUT2D eigenvalue weighted by Crippen LogP contribution is 2.21. The molecule has 2 N–H and O–H groups in total. The number of ether oxygens (including phenoxy) is 3. The van der Waals surface area contributed by atoms with Gasteiger partial charge in [0.15, 0.2) is 6.04 Å². The summed E-state index contributed by atoms with van der Waals surface area (Å²) in [4.78, 5) is 77.2. The van der Waals surface area contributed by atoms with Gasteiger partial charge in [-0.15, -0.1) is 0 Å². The van der Waals surface area contributed by atoms with E-state index in [9.17, 15) is 33.9 Å². The third kappa shape index (κ3) is 9.04. The number of nitrogens with one attached hydrogen (secondary N) is 1. The number of carboxylic acid groups (broad SMARTS) is 1. The molecule has 0 unspecified atom stereocenters. The van der Waals surface area contributed by atoms with Gasteiger partial charge < -0.3 is 24.6 Å². The fourth-order valence-corrected chi connectivity index (χ4v) is 3.93. The third-order valence-electron chi connectivity index (χ3n) is 5.92. The van der Waals surface area contributed by atoms with E-state index in [0.29, 0.717) is 15.4 Å². The summed E-state index contributed by atoms with van der Waals surface area (Å²) in [5.74, 6) is -3.41. The summed E-state index contributed by atoms with van der Waals surface area (Å²) in [5, 5.41) is 12.1. The van der Waals surface area contributed by atoms with E-state index in [-0.39, 0.29) is 26.1 Å². The molecular weight excluding hydrogens is 550 g/mol. The maximum Gasteiger partial charge on any atom is 0.418 e. The molecule has 1 aliphatic rings. The predicted octanol–water partition coefficient (Wildman–Crippen LogP) is 3.46. The molecular formula is C29H33N3O10. The maximum atomic E-state index is 13.6. The van der Waals surface area contributed by atoms with Crippen molar-refractivity contribution in [1.82, 2.24) is 15.1 Å². The van der Waals surface area contributed by atoms with E-state index in [1.165, 1.54) is 0 Å². The number of alkyl carbamates (subject to hydrolysis) is 1. The molecule has 3 rings (SSSR count). The van der Waals surface area contributed by atoms with Crippen molar-refractivity contribution in [3.63, 3.8) is 0 Å². The van der Waals surface area contributed by atoms with Gasteiger partial charge in [-0.3, -0.25) is 9.59 Å². The molecule has 0 spiro atoms. The molecule has 13 heteroatoms. The SMILES string of the molecule is CC(C)(C)OC(=O)N[C@@H](CCC(=O)OCc1ccccc1)C(=O)N1C(=O)N(C(=O)OCc2ccccc2)C[C@H]1C(=O)O. The summed E-state index contributed by atoms with van der Waals surface area (Å²) < 4.78 is 15.6. The molecule has 0 aromatic heterocycles. The first-order chi connectivity index (χ1) is 19.9. The zero-order valence-corrected chi connectivity index (χ0v) is 23.5. The van der Waals surface area contributed by atoms with Crippen molar-refractivity contribution >= 4 is 36.1 Å². The molecule has 5 amide bonds. The molecule has 13 nitrogen and oxygen atoms in total. The van der Waals surface area contributed by atoms with E-state index in [4.69, 9.17) is 14.2 Å². The van der Waals surface area contributed by atoms with Crippen molar-refractivity contribution in [3.8, 4) is 0 Å². The Morgan fingerprint density at radius 2 is 1.48 bits per heavy atom. The third-order valence-corrected chi connectivity index (χ3v) is 5.92. The molecule has 2 aromatic rings. The monoisotopic (exact) mass is 583 g/mol. The largest absolute Gasteiger partial charge is 0.480 e. The number of carboxylic acids is 1. The highest BCUT2D eigenvalue weighted by atomic mass is 16.6. The van der Waals surface area contributed by atoms with Gasteiger partial charge in [0.05, 0.1) is 6.54 Å². The van der Waals surface area contributed by atoms with Gasteiger partial charge in [0.2, 0.25) is 0 Å². The second kappa shape index (κ2) is 14.1. The summed E-state index contributed by atoms with van der Waals surface area (Å²) in [6.07, 6.45) is -2.88. The van der Waals surface area contributed by atoms with Gasteiger partial charge in [-0.1, -0.05) is 60.7 Å².